The first-order chi connectivity index (χ1) is 12.4. The third-order valence-electron chi connectivity index (χ3n) is 4.12. The molecule has 1 N–H and O–H groups in total. The van der Waals surface area contributed by atoms with E-state index in [4.69, 9.17) is 16.3 Å². The molecule has 3 rings (SSSR count). The van der Waals surface area contributed by atoms with Crippen molar-refractivity contribution >= 4 is 40.1 Å². The molecule has 3 aromatic rings. The Morgan fingerprint density at radius 3 is 2.38 bits per heavy atom. The molecule has 0 fully saturated rings. The largest absolute Gasteiger partial charge is 0.465 e. The standard InChI is InChI=1S/C20H17ClN2O3/c1-11-8-13(20(25)26-3)9-12(2)18(11)23-19(24)15-10-17(21)22-16-7-5-4-6-14(15)16/h4-10H,1-3H3,(H,23,24). The predicted octanol–water partition coefficient (Wildman–Crippen LogP) is 4.54. The van der Waals surface area contributed by atoms with Crippen LogP contribution in [0, 0.1) is 13.8 Å². The number of para-hydroxylation sites is 1. The molecule has 0 bridgehead atoms. The van der Waals surface area contributed by atoms with E-state index in [9.17, 15) is 9.59 Å². The van der Waals surface area contributed by atoms with Crippen molar-refractivity contribution in [3.63, 3.8) is 0 Å². The van der Waals surface area contributed by atoms with Crippen molar-refractivity contribution in [3.8, 4) is 0 Å². The van der Waals surface area contributed by atoms with Gasteiger partial charge in [0.15, 0.2) is 0 Å². The Bertz CT molecular complexity index is 1010. The number of halogens is 1. The highest BCUT2D eigenvalue weighted by Crippen LogP contribution is 2.26. The summed E-state index contributed by atoms with van der Waals surface area (Å²) >= 11 is 6.06. The van der Waals surface area contributed by atoms with E-state index >= 15 is 0 Å². The Morgan fingerprint density at radius 1 is 1.08 bits per heavy atom. The number of amides is 1. The number of aromatic nitrogens is 1. The molecule has 0 atom stereocenters. The highest BCUT2D eigenvalue weighted by molar-refractivity contribution is 6.30. The van der Waals surface area contributed by atoms with Crippen LogP contribution in [0.1, 0.15) is 31.8 Å². The van der Waals surface area contributed by atoms with E-state index in [0.29, 0.717) is 22.3 Å². The van der Waals surface area contributed by atoms with Crippen molar-refractivity contribution < 1.29 is 14.3 Å². The summed E-state index contributed by atoms with van der Waals surface area (Å²) in [6.45, 7) is 3.65. The van der Waals surface area contributed by atoms with Crippen LogP contribution in [0.15, 0.2) is 42.5 Å². The van der Waals surface area contributed by atoms with Gasteiger partial charge in [-0.15, -0.1) is 0 Å². The van der Waals surface area contributed by atoms with Crippen molar-refractivity contribution in [1.82, 2.24) is 4.98 Å². The number of ether oxygens (including phenoxy) is 1. The molecule has 0 saturated carbocycles. The van der Waals surface area contributed by atoms with Gasteiger partial charge in [0, 0.05) is 11.1 Å². The number of pyridine rings is 1. The van der Waals surface area contributed by atoms with Crippen molar-refractivity contribution in [2.75, 3.05) is 12.4 Å². The summed E-state index contributed by atoms with van der Waals surface area (Å²) in [5, 5.41) is 3.89. The van der Waals surface area contributed by atoms with Crippen LogP contribution in [0.25, 0.3) is 10.9 Å². The van der Waals surface area contributed by atoms with Gasteiger partial charge >= 0.3 is 5.97 Å². The fourth-order valence-electron chi connectivity index (χ4n) is 2.91. The summed E-state index contributed by atoms with van der Waals surface area (Å²) in [5.41, 5.74) is 3.72. The summed E-state index contributed by atoms with van der Waals surface area (Å²) in [6, 6.07) is 12.2. The first-order valence-electron chi connectivity index (χ1n) is 7.97. The van der Waals surface area contributed by atoms with Crippen LogP contribution in [-0.2, 0) is 4.74 Å². The number of benzene rings is 2. The number of aryl methyl sites for hydroxylation is 2. The molecule has 26 heavy (non-hydrogen) atoms. The third-order valence-corrected chi connectivity index (χ3v) is 4.32. The van der Waals surface area contributed by atoms with Crippen molar-refractivity contribution in [1.29, 1.82) is 0 Å². The summed E-state index contributed by atoms with van der Waals surface area (Å²) in [6.07, 6.45) is 0. The maximum absolute atomic E-state index is 12.9. The normalized spacial score (nSPS) is 10.6. The minimum Gasteiger partial charge on any atom is -0.465 e. The molecule has 132 valence electrons. The maximum Gasteiger partial charge on any atom is 0.337 e. The van der Waals surface area contributed by atoms with Crippen molar-refractivity contribution in [2.45, 2.75) is 13.8 Å². The summed E-state index contributed by atoms with van der Waals surface area (Å²) in [4.78, 5) is 28.8. The number of esters is 1. The van der Waals surface area contributed by atoms with Gasteiger partial charge in [-0.2, -0.15) is 0 Å². The molecule has 1 heterocycles. The minimum absolute atomic E-state index is 0.253. The van der Waals surface area contributed by atoms with Crippen LogP contribution in [0.5, 0.6) is 0 Å². The Balaban J connectivity index is 2.00. The highest BCUT2D eigenvalue weighted by Gasteiger charge is 2.16. The third kappa shape index (κ3) is 3.39. The number of rotatable bonds is 3. The molecule has 2 aromatic carbocycles. The predicted molar refractivity (Wildman–Crippen MR) is 102 cm³/mol. The Labute approximate surface area is 156 Å². The lowest BCUT2D eigenvalue weighted by molar-refractivity contribution is 0.0600. The van der Waals surface area contributed by atoms with Gasteiger partial charge in [-0.1, -0.05) is 29.8 Å². The molecule has 0 saturated heterocycles. The molecule has 5 nitrogen and oxygen atoms in total. The first-order valence-corrected chi connectivity index (χ1v) is 8.34. The zero-order valence-electron chi connectivity index (χ0n) is 14.6. The molecule has 0 aliphatic heterocycles. The second-order valence-electron chi connectivity index (χ2n) is 5.94. The fourth-order valence-corrected chi connectivity index (χ4v) is 3.11. The fraction of sp³-hybridized carbons (Fsp3) is 0.150. The van der Waals surface area contributed by atoms with Gasteiger partial charge in [0.25, 0.3) is 5.91 Å². The number of fused-ring (bicyclic) bond motifs is 1. The van der Waals surface area contributed by atoms with E-state index in [1.54, 1.807) is 24.3 Å². The minimum atomic E-state index is -0.416. The lowest BCUT2D eigenvalue weighted by atomic mass is 10.0. The number of anilines is 1. The molecule has 6 heteroatoms. The molecule has 0 aliphatic rings. The summed E-state index contributed by atoms with van der Waals surface area (Å²) in [5.74, 6) is -0.705. The smallest absolute Gasteiger partial charge is 0.337 e. The van der Waals surface area contributed by atoms with Gasteiger partial charge in [-0.25, -0.2) is 9.78 Å². The first kappa shape index (κ1) is 17.9. The summed E-state index contributed by atoms with van der Waals surface area (Å²) in [7, 11) is 1.33. The monoisotopic (exact) mass is 368 g/mol. The SMILES string of the molecule is COC(=O)c1cc(C)c(NC(=O)c2cc(Cl)nc3ccccc23)c(C)c1. The number of methoxy groups -OCH3 is 1. The number of carbonyl (C=O) groups is 2. The average molecular weight is 369 g/mol. The van der Waals surface area contributed by atoms with Gasteiger partial charge in [0.05, 0.1) is 23.8 Å². The number of carbonyl (C=O) groups excluding carboxylic acids is 2. The Morgan fingerprint density at radius 2 is 1.73 bits per heavy atom. The molecule has 0 aliphatic carbocycles. The number of nitrogens with one attached hydrogen (secondary N) is 1. The van der Waals surface area contributed by atoms with Gasteiger partial charge in [-0.05, 0) is 49.2 Å². The molecular formula is C20H17ClN2O3. The molecule has 1 amide bonds. The molecule has 0 spiro atoms. The van der Waals surface area contributed by atoms with E-state index in [-0.39, 0.29) is 11.1 Å². The van der Waals surface area contributed by atoms with E-state index in [1.165, 1.54) is 7.11 Å². The van der Waals surface area contributed by atoms with Gasteiger partial charge in [0.2, 0.25) is 0 Å². The lowest BCUT2D eigenvalue weighted by Gasteiger charge is -2.14. The van der Waals surface area contributed by atoms with E-state index in [1.807, 2.05) is 32.0 Å². The quantitative estimate of drug-likeness (QED) is 0.544. The van der Waals surface area contributed by atoms with E-state index in [0.717, 1.165) is 16.5 Å². The second-order valence-corrected chi connectivity index (χ2v) is 6.33. The van der Waals surface area contributed by atoms with Crippen LogP contribution >= 0.6 is 11.6 Å². The van der Waals surface area contributed by atoms with Crippen molar-refractivity contribution in [2.24, 2.45) is 0 Å². The van der Waals surface area contributed by atoms with Gasteiger partial charge in [0.1, 0.15) is 5.15 Å². The number of nitrogens with zero attached hydrogens (tertiary/aromatic N) is 1. The van der Waals surface area contributed by atoms with Crippen LogP contribution in [0.4, 0.5) is 5.69 Å². The highest BCUT2D eigenvalue weighted by atomic mass is 35.5. The summed E-state index contributed by atoms with van der Waals surface area (Å²) < 4.78 is 4.75. The second kappa shape index (κ2) is 7.14. The van der Waals surface area contributed by atoms with Crippen LogP contribution in [0.3, 0.4) is 0 Å². The van der Waals surface area contributed by atoms with Crippen LogP contribution < -0.4 is 5.32 Å². The lowest BCUT2D eigenvalue weighted by Crippen LogP contribution is -2.15. The Kier molecular flexibility index (Phi) is 4.91. The number of hydrogen-bond donors (Lipinski definition) is 1. The zero-order chi connectivity index (χ0) is 18.8. The van der Waals surface area contributed by atoms with Gasteiger partial charge in [-0.3, -0.25) is 4.79 Å². The van der Waals surface area contributed by atoms with Crippen molar-refractivity contribution in [3.05, 3.63) is 69.9 Å². The van der Waals surface area contributed by atoms with E-state index in [2.05, 4.69) is 10.3 Å². The molecule has 0 radical (unpaired) electrons. The van der Waals surface area contributed by atoms with E-state index < -0.39 is 5.97 Å². The Hall–Kier alpha value is -2.92. The number of hydrogen-bond acceptors (Lipinski definition) is 4. The zero-order valence-corrected chi connectivity index (χ0v) is 15.3. The average Bonchev–Trinajstić information content (AvgIpc) is 2.62. The van der Waals surface area contributed by atoms with Crippen LogP contribution in [-0.4, -0.2) is 24.0 Å². The molecule has 1 aromatic heterocycles. The molecular weight excluding hydrogens is 352 g/mol. The van der Waals surface area contributed by atoms with Crippen LogP contribution in [0.2, 0.25) is 5.15 Å². The maximum atomic E-state index is 12.9. The van der Waals surface area contributed by atoms with Gasteiger partial charge < -0.3 is 10.1 Å². The topological polar surface area (TPSA) is 68.3 Å². The molecule has 0 unspecified atom stereocenters.